The summed E-state index contributed by atoms with van der Waals surface area (Å²) in [4.78, 5) is 2.15. The molecule has 118 valence electrons. The Hall–Kier alpha value is -1.07. The molecule has 2 atom stereocenters. The van der Waals surface area contributed by atoms with Gasteiger partial charge in [0.15, 0.2) is 9.84 Å². The van der Waals surface area contributed by atoms with Crippen LogP contribution in [0.1, 0.15) is 25.7 Å². The van der Waals surface area contributed by atoms with Crippen LogP contribution >= 0.6 is 0 Å². The van der Waals surface area contributed by atoms with Crippen molar-refractivity contribution in [2.24, 2.45) is 0 Å². The predicted molar refractivity (Wildman–Crippen MR) is 85.5 cm³/mol. The molecular weight excluding hydrogens is 286 g/mol. The van der Waals surface area contributed by atoms with Crippen LogP contribution in [0.2, 0.25) is 0 Å². The standard InChI is InChI=1S/C16H25NO3S/c1-17(12-13-20-14-8-4-3-5-9-14)15-10-6-7-11-16(15)21(2,18)19/h3-5,8-9,15-16H,6-7,10-13H2,1-2H3/t15-,16+/m0/s1. The summed E-state index contributed by atoms with van der Waals surface area (Å²) >= 11 is 0. The fourth-order valence-corrected chi connectivity index (χ4v) is 4.58. The minimum atomic E-state index is -2.98. The lowest BCUT2D eigenvalue weighted by molar-refractivity contribution is 0.162. The number of likely N-dealkylation sites (N-methyl/N-ethyl adjacent to an activating group) is 1. The third-order valence-corrected chi connectivity index (χ3v) is 5.89. The lowest BCUT2D eigenvalue weighted by Gasteiger charge is -2.36. The Balaban J connectivity index is 1.87. The minimum absolute atomic E-state index is 0.119. The Bertz CT molecular complexity index is 530. The van der Waals surface area contributed by atoms with E-state index >= 15 is 0 Å². The minimum Gasteiger partial charge on any atom is -0.492 e. The van der Waals surface area contributed by atoms with Crippen molar-refractivity contribution >= 4 is 9.84 Å². The maximum atomic E-state index is 11.9. The van der Waals surface area contributed by atoms with Crippen LogP contribution in [0, 0.1) is 0 Å². The van der Waals surface area contributed by atoms with Crippen LogP contribution in [-0.4, -0.2) is 51.1 Å². The van der Waals surface area contributed by atoms with E-state index in [2.05, 4.69) is 4.90 Å². The van der Waals surface area contributed by atoms with E-state index in [1.807, 2.05) is 37.4 Å². The summed E-state index contributed by atoms with van der Waals surface area (Å²) in [7, 11) is -0.977. The zero-order chi connectivity index (χ0) is 15.3. The molecule has 0 bridgehead atoms. The van der Waals surface area contributed by atoms with Crippen LogP contribution in [0.5, 0.6) is 5.75 Å². The summed E-state index contributed by atoms with van der Waals surface area (Å²) in [6.07, 6.45) is 5.24. The van der Waals surface area contributed by atoms with Crippen LogP contribution in [0.4, 0.5) is 0 Å². The summed E-state index contributed by atoms with van der Waals surface area (Å²) in [5.74, 6) is 0.856. The van der Waals surface area contributed by atoms with Gasteiger partial charge in [-0.2, -0.15) is 0 Å². The van der Waals surface area contributed by atoms with Gasteiger partial charge < -0.3 is 4.74 Å². The lowest BCUT2D eigenvalue weighted by Crippen LogP contribution is -2.48. The van der Waals surface area contributed by atoms with Gasteiger partial charge in [-0.15, -0.1) is 0 Å². The fourth-order valence-electron chi connectivity index (χ4n) is 3.07. The normalized spacial score (nSPS) is 23.2. The quantitative estimate of drug-likeness (QED) is 0.809. The number of para-hydroxylation sites is 1. The van der Waals surface area contributed by atoms with Gasteiger partial charge in [0, 0.05) is 18.8 Å². The van der Waals surface area contributed by atoms with Crippen molar-refractivity contribution in [1.82, 2.24) is 4.90 Å². The molecular formula is C16H25NO3S. The molecule has 0 amide bonds. The Labute approximate surface area is 128 Å². The van der Waals surface area contributed by atoms with Crippen molar-refractivity contribution < 1.29 is 13.2 Å². The van der Waals surface area contributed by atoms with Gasteiger partial charge >= 0.3 is 0 Å². The van der Waals surface area contributed by atoms with Crippen LogP contribution in [0.15, 0.2) is 30.3 Å². The number of sulfone groups is 1. The van der Waals surface area contributed by atoms with Crippen molar-refractivity contribution in [3.63, 3.8) is 0 Å². The lowest BCUT2D eigenvalue weighted by atomic mass is 9.94. The molecule has 1 aromatic rings. The third-order valence-electron chi connectivity index (χ3n) is 4.24. The van der Waals surface area contributed by atoms with Gasteiger partial charge in [-0.3, -0.25) is 4.90 Å². The number of rotatable bonds is 6. The molecule has 0 radical (unpaired) electrons. The van der Waals surface area contributed by atoms with Crippen molar-refractivity contribution in [2.75, 3.05) is 26.5 Å². The molecule has 0 N–H and O–H groups in total. The van der Waals surface area contributed by atoms with Gasteiger partial charge in [0.05, 0.1) is 5.25 Å². The van der Waals surface area contributed by atoms with E-state index in [0.717, 1.165) is 38.0 Å². The van der Waals surface area contributed by atoms with Gasteiger partial charge in [0.2, 0.25) is 0 Å². The van der Waals surface area contributed by atoms with E-state index < -0.39 is 9.84 Å². The highest BCUT2D eigenvalue weighted by atomic mass is 32.2. The summed E-state index contributed by atoms with van der Waals surface area (Å²) in [6, 6.07) is 9.82. The number of nitrogens with zero attached hydrogens (tertiary/aromatic N) is 1. The molecule has 0 saturated heterocycles. The average molecular weight is 311 g/mol. The summed E-state index contributed by atoms with van der Waals surface area (Å²) < 4.78 is 29.6. The maximum Gasteiger partial charge on any atom is 0.151 e. The topological polar surface area (TPSA) is 46.6 Å². The fraction of sp³-hybridized carbons (Fsp3) is 0.625. The van der Waals surface area contributed by atoms with Crippen molar-refractivity contribution in [3.8, 4) is 5.75 Å². The molecule has 1 aromatic carbocycles. The monoisotopic (exact) mass is 311 g/mol. The van der Waals surface area contributed by atoms with Crippen LogP contribution in [0.25, 0.3) is 0 Å². The molecule has 1 aliphatic rings. The molecule has 0 unspecified atom stereocenters. The van der Waals surface area contributed by atoms with Gasteiger partial charge in [-0.1, -0.05) is 31.0 Å². The second-order valence-corrected chi connectivity index (χ2v) is 8.13. The molecule has 1 aliphatic carbocycles. The van der Waals surface area contributed by atoms with E-state index in [9.17, 15) is 8.42 Å². The number of hydrogen-bond acceptors (Lipinski definition) is 4. The molecule has 21 heavy (non-hydrogen) atoms. The van der Waals surface area contributed by atoms with Crippen molar-refractivity contribution in [2.45, 2.75) is 37.0 Å². The molecule has 1 saturated carbocycles. The van der Waals surface area contributed by atoms with Crippen LogP contribution in [0.3, 0.4) is 0 Å². The highest BCUT2D eigenvalue weighted by Crippen LogP contribution is 2.27. The van der Waals surface area contributed by atoms with Crippen molar-refractivity contribution in [1.29, 1.82) is 0 Å². The largest absolute Gasteiger partial charge is 0.492 e. The highest BCUT2D eigenvalue weighted by molar-refractivity contribution is 7.91. The van der Waals surface area contributed by atoms with E-state index in [1.54, 1.807) is 0 Å². The highest BCUT2D eigenvalue weighted by Gasteiger charge is 2.34. The number of ether oxygens (including phenoxy) is 1. The van der Waals surface area contributed by atoms with E-state index in [-0.39, 0.29) is 11.3 Å². The molecule has 0 heterocycles. The van der Waals surface area contributed by atoms with E-state index in [0.29, 0.717) is 6.61 Å². The average Bonchev–Trinajstić information content (AvgIpc) is 2.47. The van der Waals surface area contributed by atoms with Gasteiger partial charge in [0.25, 0.3) is 0 Å². The number of benzene rings is 1. The first-order valence-electron chi connectivity index (χ1n) is 7.55. The molecule has 4 nitrogen and oxygen atoms in total. The first-order chi connectivity index (χ1) is 9.98. The zero-order valence-corrected chi connectivity index (χ0v) is 13.7. The smallest absolute Gasteiger partial charge is 0.151 e. The first-order valence-corrected chi connectivity index (χ1v) is 9.51. The van der Waals surface area contributed by atoms with Crippen LogP contribution in [-0.2, 0) is 9.84 Å². The molecule has 2 rings (SSSR count). The van der Waals surface area contributed by atoms with E-state index in [4.69, 9.17) is 4.74 Å². The van der Waals surface area contributed by atoms with Gasteiger partial charge in [-0.05, 0) is 32.0 Å². The Morgan fingerprint density at radius 2 is 1.86 bits per heavy atom. The zero-order valence-electron chi connectivity index (χ0n) is 12.9. The van der Waals surface area contributed by atoms with Gasteiger partial charge in [0.1, 0.15) is 12.4 Å². The predicted octanol–water partition coefficient (Wildman–Crippen LogP) is 2.35. The Morgan fingerprint density at radius 3 is 2.52 bits per heavy atom. The molecule has 0 aromatic heterocycles. The second kappa shape index (κ2) is 7.27. The molecule has 0 aliphatic heterocycles. The second-order valence-electron chi connectivity index (χ2n) is 5.86. The first kappa shape index (κ1) is 16.3. The summed E-state index contributed by atoms with van der Waals surface area (Å²) in [6.45, 7) is 1.32. The molecule has 0 spiro atoms. The van der Waals surface area contributed by atoms with Crippen molar-refractivity contribution in [3.05, 3.63) is 30.3 Å². The summed E-state index contributed by atoms with van der Waals surface area (Å²) in [5, 5.41) is -0.229. The van der Waals surface area contributed by atoms with Crippen LogP contribution < -0.4 is 4.74 Å². The Kier molecular flexibility index (Phi) is 5.65. The summed E-state index contributed by atoms with van der Waals surface area (Å²) in [5.41, 5.74) is 0. The Morgan fingerprint density at radius 1 is 1.19 bits per heavy atom. The van der Waals surface area contributed by atoms with Gasteiger partial charge in [-0.25, -0.2) is 8.42 Å². The third kappa shape index (κ3) is 4.71. The van der Waals surface area contributed by atoms with E-state index in [1.165, 1.54) is 6.26 Å². The molecule has 5 heteroatoms. The SMILES string of the molecule is CN(CCOc1ccccc1)[C@H]1CCCC[C@H]1S(C)(=O)=O. The maximum absolute atomic E-state index is 11.9. The number of hydrogen-bond donors (Lipinski definition) is 0. The molecule has 1 fully saturated rings.